The van der Waals surface area contributed by atoms with Crippen molar-refractivity contribution in [3.8, 4) is 0 Å². The highest BCUT2D eigenvalue weighted by molar-refractivity contribution is 14.1. The van der Waals surface area contributed by atoms with E-state index in [1.165, 1.54) is 5.56 Å². The summed E-state index contributed by atoms with van der Waals surface area (Å²) in [6, 6.07) is 4.02. The summed E-state index contributed by atoms with van der Waals surface area (Å²) >= 11 is 2.35. The molecule has 5 heteroatoms. The molecule has 4 nitrogen and oxygen atoms in total. The lowest BCUT2D eigenvalue weighted by molar-refractivity contribution is 0.782. The third-order valence-electron chi connectivity index (χ3n) is 3.12. The Bertz CT molecular complexity index is 584. The number of hydrogen-bond acceptors (Lipinski definition) is 4. The quantitative estimate of drug-likeness (QED) is 0.750. The number of pyridine rings is 1. The highest BCUT2D eigenvalue weighted by atomic mass is 127. The molecule has 2 aromatic heterocycles. The molecule has 2 aromatic rings. The Labute approximate surface area is 140 Å². The second-order valence-corrected chi connectivity index (χ2v) is 6.38. The molecule has 0 spiro atoms. The average molecular weight is 396 g/mol. The van der Waals surface area contributed by atoms with Gasteiger partial charge in [0, 0.05) is 25.4 Å². The lowest BCUT2D eigenvalue weighted by Crippen LogP contribution is -2.12. The van der Waals surface area contributed by atoms with Gasteiger partial charge in [-0.25, -0.2) is 9.97 Å². The van der Waals surface area contributed by atoms with Gasteiger partial charge in [-0.15, -0.1) is 0 Å². The molecule has 112 valence electrons. The van der Waals surface area contributed by atoms with Gasteiger partial charge in [0.25, 0.3) is 0 Å². The van der Waals surface area contributed by atoms with Crippen LogP contribution in [0.15, 0.2) is 24.5 Å². The molecule has 0 saturated carbocycles. The molecular formula is C16H21IN4. The van der Waals surface area contributed by atoms with E-state index >= 15 is 0 Å². The summed E-state index contributed by atoms with van der Waals surface area (Å²) in [7, 11) is 0. The SMILES string of the molecule is CCCNc1nc(Cc2ccncc2)nc(C(C)C)c1I. The molecule has 2 heterocycles. The summed E-state index contributed by atoms with van der Waals surface area (Å²) in [6.45, 7) is 7.43. The molecule has 0 aliphatic heterocycles. The van der Waals surface area contributed by atoms with Crippen molar-refractivity contribution in [2.24, 2.45) is 0 Å². The fourth-order valence-electron chi connectivity index (χ4n) is 2.02. The minimum atomic E-state index is 0.387. The predicted molar refractivity (Wildman–Crippen MR) is 94.7 cm³/mol. The molecule has 0 fully saturated rings. The van der Waals surface area contributed by atoms with Gasteiger partial charge in [0.1, 0.15) is 11.6 Å². The maximum atomic E-state index is 4.76. The van der Waals surface area contributed by atoms with Crippen LogP contribution in [0.4, 0.5) is 5.82 Å². The van der Waals surface area contributed by atoms with Crippen LogP contribution in [-0.4, -0.2) is 21.5 Å². The zero-order valence-electron chi connectivity index (χ0n) is 12.7. The van der Waals surface area contributed by atoms with Crippen LogP contribution in [-0.2, 0) is 6.42 Å². The topological polar surface area (TPSA) is 50.7 Å². The minimum Gasteiger partial charge on any atom is -0.369 e. The van der Waals surface area contributed by atoms with Crippen LogP contribution >= 0.6 is 22.6 Å². The molecule has 0 aromatic carbocycles. The smallest absolute Gasteiger partial charge is 0.143 e. The van der Waals surface area contributed by atoms with Crippen molar-refractivity contribution < 1.29 is 0 Å². The first-order valence-corrected chi connectivity index (χ1v) is 8.38. The third kappa shape index (κ3) is 4.36. The van der Waals surface area contributed by atoms with E-state index in [-0.39, 0.29) is 0 Å². The number of halogens is 1. The molecule has 0 atom stereocenters. The number of nitrogens with zero attached hydrogens (tertiary/aromatic N) is 3. The summed E-state index contributed by atoms with van der Waals surface area (Å²) in [4.78, 5) is 13.5. The molecule has 0 aliphatic carbocycles. The lowest BCUT2D eigenvalue weighted by atomic mass is 10.1. The first kappa shape index (κ1) is 16.1. The van der Waals surface area contributed by atoms with Crippen LogP contribution in [0.25, 0.3) is 0 Å². The molecule has 0 saturated heterocycles. The average Bonchev–Trinajstić information content (AvgIpc) is 2.48. The van der Waals surface area contributed by atoms with E-state index in [0.29, 0.717) is 5.92 Å². The summed E-state index contributed by atoms with van der Waals surface area (Å²) in [5, 5.41) is 3.41. The standard InChI is InChI=1S/C16H21IN4/c1-4-7-19-16-14(17)15(11(2)3)20-13(21-16)10-12-5-8-18-9-6-12/h5-6,8-9,11H,4,7,10H2,1-3H3,(H,19,20,21). The summed E-state index contributed by atoms with van der Waals surface area (Å²) in [5.41, 5.74) is 2.30. The fraction of sp³-hybridized carbons (Fsp3) is 0.438. The lowest BCUT2D eigenvalue weighted by Gasteiger charge is -2.14. The molecule has 0 bridgehead atoms. The normalized spacial score (nSPS) is 10.9. The van der Waals surface area contributed by atoms with E-state index in [2.05, 4.69) is 53.7 Å². The van der Waals surface area contributed by atoms with E-state index in [4.69, 9.17) is 9.97 Å². The van der Waals surface area contributed by atoms with Gasteiger partial charge in [0.15, 0.2) is 0 Å². The Morgan fingerprint density at radius 3 is 2.52 bits per heavy atom. The van der Waals surface area contributed by atoms with E-state index in [1.807, 2.05) is 24.5 Å². The van der Waals surface area contributed by atoms with Crippen molar-refractivity contribution in [2.75, 3.05) is 11.9 Å². The van der Waals surface area contributed by atoms with E-state index in [9.17, 15) is 0 Å². The molecule has 0 radical (unpaired) electrons. The van der Waals surface area contributed by atoms with Crippen LogP contribution in [0.2, 0.25) is 0 Å². The zero-order chi connectivity index (χ0) is 15.2. The monoisotopic (exact) mass is 396 g/mol. The number of rotatable bonds is 6. The van der Waals surface area contributed by atoms with Crippen LogP contribution < -0.4 is 5.32 Å². The Balaban J connectivity index is 2.34. The first-order chi connectivity index (χ1) is 10.1. The van der Waals surface area contributed by atoms with Crippen LogP contribution in [0.5, 0.6) is 0 Å². The maximum absolute atomic E-state index is 4.76. The number of nitrogens with one attached hydrogen (secondary N) is 1. The van der Waals surface area contributed by atoms with Crippen molar-refractivity contribution in [3.05, 3.63) is 45.2 Å². The van der Waals surface area contributed by atoms with Crippen LogP contribution in [0, 0.1) is 3.57 Å². The van der Waals surface area contributed by atoms with Crippen molar-refractivity contribution in [1.82, 2.24) is 15.0 Å². The van der Waals surface area contributed by atoms with E-state index in [1.54, 1.807) is 0 Å². The van der Waals surface area contributed by atoms with Crippen LogP contribution in [0.3, 0.4) is 0 Å². The van der Waals surface area contributed by atoms with Gasteiger partial charge in [-0.05, 0) is 52.6 Å². The second kappa shape index (κ2) is 7.68. The summed E-state index contributed by atoms with van der Waals surface area (Å²) in [5.74, 6) is 2.21. The van der Waals surface area contributed by atoms with Gasteiger partial charge < -0.3 is 5.32 Å². The molecule has 2 rings (SSSR count). The second-order valence-electron chi connectivity index (χ2n) is 5.30. The molecular weight excluding hydrogens is 375 g/mol. The van der Waals surface area contributed by atoms with E-state index in [0.717, 1.165) is 40.3 Å². The number of aromatic nitrogens is 3. The number of hydrogen-bond donors (Lipinski definition) is 1. The predicted octanol–water partition coefficient (Wildman–Crippen LogP) is 4.01. The molecule has 0 amide bonds. The molecule has 0 unspecified atom stereocenters. The van der Waals surface area contributed by atoms with Gasteiger partial charge in [0.05, 0.1) is 9.26 Å². The third-order valence-corrected chi connectivity index (χ3v) is 4.19. The van der Waals surface area contributed by atoms with Gasteiger partial charge in [-0.1, -0.05) is 20.8 Å². The fourth-order valence-corrected chi connectivity index (χ4v) is 3.07. The highest BCUT2D eigenvalue weighted by Crippen LogP contribution is 2.25. The van der Waals surface area contributed by atoms with Crippen LogP contribution in [0.1, 0.15) is 50.2 Å². The zero-order valence-corrected chi connectivity index (χ0v) is 14.9. The Hall–Kier alpha value is -1.24. The maximum Gasteiger partial charge on any atom is 0.143 e. The van der Waals surface area contributed by atoms with E-state index < -0.39 is 0 Å². The first-order valence-electron chi connectivity index (χ1n) is 7.30. The minimum absolute atomic E-state index is 0.387. The molecule has 1 N–H and O–H groups in total. The van der Waals surface area contributed by atoms with Crippen molar-refractivity contribution in [1.29, 1.82) is 0 Å². The Morgan fingerprint density at radius 1 is 1.19 bits per heavy atom. The van der Waals surface area contributed by atoms with Gasteiger partial charge in [-0.3, -0.25) is 4.98 Å². The largest absolute Gasteiger partial charge is 0.369 e. The highest BCUT2D eigenvalue weighted by Gasteiger charge is 2.14. The summed E-state index contributed by atoms with van der Waals surface area (Å²) in [6.07, 6.45) is 5.43. The number of anilines is 1. The van der Waals surface area contributed by atoms with Crippen molar-refractivity contribution in [3.63, 3.8) is 0 Å². The Kier molecular flexibility index (Phi) is 5.90. The molecule has 21 heavy (non-hydrogen) atoms. The van der Waals surface area contributed by atoms with Crippen molar-refractivity contribution in [2.45, 2.75) is 39.5 Å². The van der Waals surface area contributed by atoms with Gasteiger partial charge in [-0.2, -0.15) is 0 Å². The Morgan fingerprint density at radius 2 is 1.90 bits per heavy atom. The van der Waals surface area contributed by atoms with Gasteiger partial charge >= 0.3 is 0 Å². The summed E-state index contributed by atoms with van der Waals surface area (Å²) < 4.78 is 1.13. The van der Waals surface area contributed by atoms with Gasteiger partial charge in [0.2, 0.25) is 0 Å². The molecule has 0 aliphatic rings. The van der Waals surface area contributed by atoms with Crippen molar-refractivity contribution >= 4 is 28.4 Å².